The SMILES string of the molecule is OCC(O)CC(CC(O)c1ccc(Cl)c(Cc2ccc(OCCOC3CC3)cc2)c1)OCc1ccccc1. The predicted octanol–water partition coefficient (Wildman–Crippen LogP) is 5.24. The monoisotopic (exact) mass is 540 g/mol. The molecule has 0 aliphatic heterocycles. The number of benzene rings is 3. The fraction of sp³-hybridized carbons (Fsp3) is 0.419. The zero-order valence-corrected chi connectivity index (χ0v) is 22.3. The van der Waals surface area contributed by atoms with Gasteiger partial charge in [0.2, 0.25) is 0 Å². The van der Waals surface area contributed by atoms with Crippen LogP contribution in [0.5, 0.6) is 5.75 Å². The zero-order valence-electron chi connectivity index (χ0n) is 21.5. The molecule has 0 spiro atoms. The van der Waals surface area contributed by atoms with Crippen molar-refractivity contribution >= 4 is 11.6 Å². The summed E-state index contributed by atoms with van der Waals surface area (Å²) in [7, 11) is 0. The van der Waals surface area contributed by atoms with Crippen molar-refractivity contribution in [3.8, 4) is 5.75 Å². The quantitative estimate of drug-likeness (QED) is 0.215. The molecule has 0 amide bonds. The smallest absolute Gasteiger partial charge is 0.119 e. The third kappa shape index (κ3) is 9.38. The highest BCUT2D eigenvalue weighted by Crippen LogP contribution is 2.28. The first-order valence-electron chi connectivity index (χ1n) is 13.2. The van der Waals surface area contributed by atoms with Crippen molar-refractivity contribution in [2.45, 2.75) is 63.1 Å². The lowest BCUT2D eigenvalue weighted by Crippen LogP contribution is -2.25. The fourth-order valence-corrected chi connectivity index (χ4v) is 4.44. The maximum atomic E-state index is 11.0. The summed E-state index contributed by atoms with van der Waals surface area (Å²) >= 11 is 6.50. The van der Waals surface area contributed by atoms with Crippen LogP contribution in [0.25, 0.3) is 0 Å². The topological polar surface area (TPSA) is 88.4 Å². The average Bonchev–Trinajstić information content (AvgIpc) is 3.77. The van der Waals surface area contributed by atoms with Crippen molar-refractivity contribution in [2.75, 3.05) is 19.8 Å². The number of aliphatic hydroxyl groups excluding tert-OH is 3. The van der Waals surface area contributed by atoms with Gasteiger partial charge in [-0.2, -0.15) is 0 Å². The van der Waals surface area contributed by atoms with E-state index in [9.17, 15) is 15.3 Å². The van der Waals surface area contributed by atoms with E-state index in [1.165, 1.54) is 0 Å². The Morgan fingerprint density at radius 1 is 0.868 bits per heavy atom. The van der Waals surface area contributed by atoms with Gasteiger partial charge in [-0.25, -0.2) is 0 Å². The molecule has 6 nitrogen and oxygen atoms in total. The molecule has 3 atom stereocenters. The van der Waals surface area contributed by atoms with Crippen LogP contribution in [0.3, 0.4) is 0 Å². The highest BCUT2D eigenvalue weighted by Gasteiger charge is 2.22. The number of aliphatic hydroxyl groups is 3. The van der Waals surface area contributed by atoms with Crippen molar-refractivity contribution in [3.63, 3.8) is 0 Å². The minimum atomic E-state index is -0.915. The number of halogens is 1. The molecule has 0 heterocycles. The largest absolute Gasteiger partial charge is 0.491 e. The van der Waals surface area contributed by atoms with Crippen LogP contribution in [0.1, 0.15) is 54.0 Å². The van der Waals surface area contributed by atoms with Crippen LogP contribution in [0, 0.1) is 0 Å². The summed E-state index contributed by atoms with van der Waals surface area (Å²) in [5, 5.41) is 31.0. The van der Waals surface area contributed by atoms with E-state index in [1.54, 1.807) is 6.07 Å². The van der Waals surface area contributed by atoms with Gasteiger partial charge < -0.3 is 29.5 Å². The summed E-state index contributed by atoms with van der Waals surface area (Å²) < 4.78 is 17.4. The maximum Gasteiger partial charge on any atom is 0.119 e. The molecule has 3 N–H and O–H groups in total. The highest BCUT2D eigenvalue weighted by molar-refractivity contribution is 6.31. The molecule has 4 rings (SSSR count). The average molecular weight is 541 g/mol. The molecule has 0 saturated heterocycles. The number of hydrogen-bond acceptors (Lipinski definition) is 6. The van der Waals surface area contributed by atoms with Gasteiger partial charge in [0, 0.05) is 17.9 Å². The molecule has 38 heavy (non-hydrogen) atoms. The summed E-state index contributed by atoms with van der Waals surface area (Å²) in [5.74, 6) is 0.801. The Morgan fingerprint density at radius 3 is 2.34 bits per heavy atom. The Balaban J connectivity index is 1.34. The van der Waals surface area contributed by atoms with Crippen LogP contribution in [0.15, 0.2) is 72.8 Å². The van der Waals surface area contributed by atoms with Crippen LogP contribution in [-0.4, -0.2) is 53.5 Å². The van der Waals surface area contributed by atoms with E-state index in [1.807, 2.05) is 66.7 Å². The van der Waals surface area contributed by atoms with Gasteiger partial charge in [-0.15, -0.1) is 0 Å². The van der Waals surface area contributed by atoms with Gasteiger partial charge in [0.25, 0.3) is 0 Å². The van der Waals surface area contributed by atoms with Crippen molar-refractivity contribution in [2.24, 2.45) is 0 Å². The Hall–Kier alpha value is -2.45. The molecule has 0 radical (unpaired) electrons. The Morgan fingerprint density at radius 2 is 1.63 bits per heavy atom. The van der Waals surface area contributed by atoms with Gasteiger partial charge in [-0.1, -0.05) is 66.2 Å². The Labute approximate surface area is 229 Å². The standard InChI is InChI=1S/C31H37ClO6/c32-30-13-8-24(31(35)19-29(18-26(34)20-33)38-21-23-4-2-1-3-5-23)17-25(30)16-22-6-9-27(10-7-22)36-14-15-37-28-11-12-28/h1-10,13,17,26,28-29,31,33-35H,11-12,14-16,18-21H2. The third-order valence-corrected chi connectivity index (χ3v) is 6.93. The molecular weight excluding hydrogens is 504 g/mol. The molecule has 204 valence electrons. The molecule has 3 aromatic rings. The van der Waals surface area contributed by atoms with Gasteiger partial charge in [0.15, 0.2) is 0 Å². The lowest BCUT2D eigenvalue weighted by Gasteiger charge is -2.23. The van der Waals surface area contributed by atoms with Crippen LogP contribution in [-0.2, 0) is 22.5 Å². The minimum Gasteiger partial charge on any atom is -0.491 e. The van der Waals surface area contributed by atoms with Crippen LogP contribution in [0.2, 0.25) is 5.02 Å². The zero-order chi connectivity index (χ0) is 26.7. The normalized spacial score (nSPS) is 15.7. The number of hydrogen-bond donors (Lipinski definition) is 3. The third-order valence-electron chi connectivity index (χ3n) is 6.56. The molecule has 0 bridgehead atoms. The van der Waals surface area contributed by atoms with Crippen molar-refractivity contribution < 1.29 is 29.5 Å². The second-order valence-corrected chi connectivity index (χ2v) is 10.2. The van der Waals surface area contributed by atoms with Gasteiger partial charge in [0.05, 0.1) is 44.2 Å². The van der Waals surface area contributed by atoms with E-state index in [-0.39, 0.29) is 19.4 Å². The van der Waals surface area contributed by atoms with E-state index in [4.69, 9.17) is 25.8 Å². The summed E-state index contributed by atoms with van der Waals surface area (Å²) in [6.45, 7) is 1.14. The number of rotatable bonds is 16. The van der Waals surface area contributed by atoms with E-state index in [0.717, 1.165) is 40.8 Å². The van der Waals surface area contributed by atoms with E-state index in [0.29, 0.717) is 37.4 Å². The molecule has 3 aromatic carbocycles. The maximum absolute atomic E-state index is 11.0. The summed E-state index contributed by atoms with van der Waals surface area (Å²) in [6, 6.07) is 23.2. The second kappa shape index (κ2) is 14.6. The Bertz CT molecular complexity index is 1100. The summed E-state index contributed by atoms with van der Waals surface area (Å²) in [4.78, 5) is 0. The first-order chi connectivity index (χ1) is 18.5. The van der Waals surface area contributed by atoms with Gasteiger partial charge in [-0.3, -0.25) is 0 Å². The van der Waals surface area contributed by atoms with Crippen LogP contribution in [0.4, 0.5) is 0 Å². The summed E-state index contributed by atoms with van der Waals surface area (Å²) in [5.41, 5.74) is 3.72. The van der Waals surface area contributed by atoms with Crippen LogP contribution < -0.4 is 4.74 Å². The second-order valence-electron chi connectivity index (χ2n) is 9.83. The number of ether oxygens (including phenoxy) is 3. The molecule has 1 fully saturated rings. The summed E-state index contributed by atoms with van der Waals surface area (Å²) in [6.07, 6.45) is 1.70. The van der Waals surface area contributed by atoms with Gasteiger partial charge in [0.1, 0.15) is 12.4 Å². The van der Waals surface area contributed by atoms with Crippen LogP contribution >= 0.6 is 11.6 Å². The van der Waals surface area contributed by atoms with Crippen molar-refractivity contribution in [3.05, 3.63) is 100 Å². The molecule has 7 heteroatoms. The van der Waals surface area contributed by atoms with Gasteiger partial charge in [-0.05, 0) is 59.7 Å². The Kier molecular flexibility index (Phi) is 11.0. The molecular formula is C31H37ClO6. The lowest BCUT2D eigenvalue weighted by molar-refractivity contribution is -0.0333. The van der Waals surface area contributed by atoms with E-state index < -0.39 is 18.3 Å². The highest BCUT2D eigenvalue weighted by atomic mass is 35.5. The van der Waals surface area contributed by atoms with Gasteiger partial charge >= 0.3 is 0 Å². The molecule has 1 aliphatic rings. The van der Waals surface area contributed by atoms with E-state index >= 15 is 0 Å². The minimum absolute atomic E-state index is 0.224. The molecule has 0 aromatic heterocycles. The predicted molar refractivity (Wildman–Crippen MR) is 147 cm³/mol. The van der Waals surface area contributed by atoms with Crippen molar-refractivity contribution in [1.82, 2.24) is 0 Å². The molecule has 3 unspecified atom stereocenters. The first kappa shape index (κ1) is 28.6. The van der Waals surface area contributed by atoms with Crippen molar-refractivity contribution in [1.29, 1.82) is 0 Å². The van der Waals surface area contributed by atoms with E-state index in [2.05, 4.69) is 0 Å². The lowest BCUT2D eigenvalue weighted by atomic mass is 9.96. The first-order valence-corrected chi connectivity index (χ1v) is 13.6. The molecule has 1 saturated carbocycles. The molecule has 1 aliphatic carbocycles. The fourth-order valence-electron chi connectivity index (χ4n) is 4.25.